The molecule has 0 spiro atoms. The molecular weight excluding hydrogens is 346 g/mol. The average molecular weight is 370 g/mol. The molecular formula is C18H24ClNO5. The maximum atomic E-state index is 12.1. The summed E-state index contributed by atoms with van der Waals surface area (Å²) in [6.07, 6.45) is 1.97. The zero-order valence-electron chi connectivity index (χ0n) is 14.5. The minimum absolute atomic E-state index is 0.0502. The van der Waals surface area contributed by atoms with Crippen LogP contribution in [0.15, 0.2) is 24.3 Å². The van der Waals surface area contributed by atoms with Crippen molar-refractivity contribution in [2.45, 2.75) is 45.1 Å². The van der Waals surface area contributed by atoms with Gasteiger partial charge >= 0.3 is 12.1 Å². The number of unbranched alkanes of at least 4 members (excludes halogenated alkanes) is 1. The lowest BCUT2D eigenvalue weighted by Crippen LogP contribution is -2.41. The molecule has 0 aromatic heterocycles. The molecule has 1 amide bonds. The molecule has 1 unspecified atom stereocenters. The highest BCUT2D eigenvalue weighted by Crippen LogP contribution is 2.13. The van der Waals surface area contributed by atoms with E-state index >= 15 is 0 Å². The van der Waals surface area contributed by atoms with Gasteiger partial charge in [-0.05, 0) is 43.5 Å². The monoisotopic (exact) mass is 369 g/mol. The van der Waals surface area contributed by atoms with Crippen molar-refractivity contribution in [3.8, 4) is 0 Å². The Morgan fingerprint density at radius 2 is 1.84 bits per heavy atom. The summed E-state index contributed by atoms with van der Waals surface area (Å²) in [4.78, 5) is 35.5. The largest absolute Gasteiger partial charge is 0.467 e. The molecule has 1 aromatic carbocycles. The third kappa shape index (κ3) is 8.03. The highest BCUT2D eigenvalue weighted by Gasteiger charge is 2.22. The molecule has 1 N–H and O–H groups in total. The first kappa shape index (κ1) is 21.0. The number of methoxy groups -OCH3 is 1. The number of carbonyl (C=O) groups excluding carboxylic acids is 3. The van der Waals surface area contributed by atoms with E-state index in [0.717, 1.165) is 12.8 Å². The van der Waals surface area contributed by atoms with Gasteiger partial charge in [0.2, 0.25) is 0 Å². The van der Waals surface area contributed by atoms with E-state index in [1.165, 1.54) is 7.11 Å². The van der Waals surface area contributed by atoms with E-state index in [4.69, 9.17) is 16.3 Å². The maximum Gasteiger partial charge on any atom is 0.407 e. The van der Waals surface area contributed by atoms with E-state index in [2.05, 4.69) is 10.1 Å². The van der Waals surface area contributed by atoms with Crippen molar-refractivity contribution in [2.75, 3.05) is 13.7 Å². The van der Waals surface area contributed by atoms with E-state index in [1.54, 1.807) is 24.3 Å². The Kier molecular flexibility index (Phi) is 9.62. The molecule has 0 aliphatic carbocycles. The fourth-order valence-electron chi connectivity index (χ4n) is 2.13. The van der Waals surface area contributed by atoms with Crippen LogP contribution in [0.2, 0.25) is 5.02 Å². The Bertz CT molecular complexity index is 573. The quantitative estimate of drug-likeness (QED) is 0.386. The van der Waals surface area contributed by atoms with Crippen LogP contribution in [0, 0.1) is 0 Å². The van der Waals surface area contributed by atoms with Crippen LogP contribution in [0.4, 0.5) is 4.79 Å². The van der Waals surface area contributed by atoms with Crippen molar-refractivity contribution in [3.63, 3.8) is 0 Å². The first-order valence-electron chi connectivity index (χ1n) is 8.27. The number of hydrogen-bond acceptors (Lipinski definition) is 5. The van der Waals surface area contributed by atoms with Crippen molar-refractivity contribution in [2.24, 2.45) is 0 Å². The number of carbonyl (C=O) groups is 3. The summed E-state index contributed by atoms with van der Waals surface area (Å²) >= 11 is 5.79. The van der Waals surface area contributed by atoms with E-state index in [-0.39, 0.29) is 18.6 Å². The zero-order valence-corrected chi connectivity index (χ0v) is 15.3. The van der Waals surface area contributed by atoms with Crippen LogP contribution in [-0.4, -0.2) is 37.6 Å². The summed E-state index contributed by atoms with van der Waals surface area (Å²) in [6.45, 7) is 2.28. The molecule has 1 atom stereocenters. The van der Waals surface area contributed by atoms with Gasteiger partial charge in [-0.25, -0.2) is 9.59 Å². The van der Waals surface area contributed by atoms with Gasteiger partial charge in [-0.3, -0.25) is 4.79 Å². The Hall–Kier alpha value is -2.08. The van der Waals surface area contributed by atoms with Gasteiger partial charge in [0.05, 0.1) is 13.7 Å². The Labute approximate surface area is 152 Å². The summed E-state index contributed by atoms with van der Waals surface area (Å²) < 4.78 is 9.66. The fraction of sp³-hybridized carbons (Fsp3) is 0.500. The van der Waals surface area contributed by atoms with E-state index in [9.17, 15) is 14.4 Å². The van der Waals surface area contributed by atoms with Gasteiger partial charge in [-0.2, -0.15) is 0 Å². The van der Waals surface area contributed by atoms with Crippen LogP contribution in [0.3, 0.4) is 0 Å². The normalized spacial score (nSPS) is 11.5. The number of rotatable bonds is 10. The van der Waals surface area contributed by atoms with Gasteiger partial charge in [0.15, 0.2) is 5.78 Å². The van der Waals surface area contributed by atoms with Crippen LogP contribution in [0.25, 0.3) is 0 Å². The van der Waals surface area contributed by atoms with Crippen LogP contribution >= 0.6 is 11.6 Å². The second-order valence-electron chi connectivity index (χ2n) is 5.53. The second kappa shape index (κ2) is 11.5. The van der Waals surface area contributed by atoms with Crippen LogP contribution < -0.4 is 5.32 Å². The number of Topliss-reactive ketones (excluding diaryl/α,β-unsaturated/α-hetero) is 1. The predicted octanol–water partition coefficient (Wildman–Crippen LogP) is 3.76. The number of ketones is 1. The number of esters is 1. The highest BCUT2D eigenvalue weighted by atomic mass is 35.5. The molecule has 1 aromatic rings. The van der Waals surface area contributed by atoms with Crippen LogP contribution in [0.5, 0.6) is 0 Å². The number of halogens is 1. The molecule has 7 heteroatoms. The van der Waals surface area contributed by atoms with Crippen molar-refractivity contribution in [3.05, 3.63) is 34.9 Å². The standard InChI is InChI=1S/C18H24ClNO5/c1-3-4-12-25-18(23)20-15(17(22)24-2)6-5-7-16(21)13-8-10-14(19)11-9-13/h8-11,15H,3-7,12H2,1-2H3,(H,20,23). The molecule has 0 fully saturated rings. The Balaban J connectivity index is 2.47. The Morgan fingerprint density at radius 1 is 1.16 bits per heavy atom. The highest BCUT2D eigenvalue weighted by molar-refractivity contribution is 6.30. The second-order valence-corrected chi connectivity index (χ2v) is 5.97. The smallest absolute Gasteiger partial charge is 0.407 e. The molecule has 0 aliphatic rings. The van der Waals surface area contributed by atoms with Crippen LogP contribution in [0.1, 0.15) is 49.4 Å². The molecule has 0 bridgehead atoms. The molecule has 6 nitrogen and oxygen atoms in total. The van der Waals surface area contributed by atoms with Gasteiger partial charge in [0.25, 0.3) is 0 Å². The maximum absolute atomic E-state index is 12.1. The summed E-state index contributed by atoms with van der Waals surface area (Å²) in [7, 11) is 1.25. The molecule has 0 radical (unpaired) electrons. The number of amides is 1. The molecule has 1 rings (SSSR count). The first-order chi connectivity index (χ1) is 12.0. The topological polar surface area (TPSA) is 81.7 Å². The molecule has 0 saturated heterocycles. The van der Waals surface area contributed by atoms with Crippen molar-refractivity contribution >= 4 is 29.4 Å². The van der Waals surface area contributed by atoms with Crippen molar-refractivity contribution in [1.82, 2.24) is 5.32 Å². The van der Waals surface area contributed by atoms with E-state index < -0.39 is 18.1 Å². The molecule has 0 heterocycles. The number of ether oxygens (including phenoxy) is 2. The van der Waals surface area contributed by atoms with Crippen molar-refractivity contribution in [1.29, 1.82) is 0 Å². The average Bonchev–Trinajstić information content (AvgIpc) is 2.60. The van der Waals surface area contributed by atoms with Gasteiger partial charge in [-0.1, -0.05) is 24.9 Å². The number of hydrogen-bond donors (Lipinski definition) is 1. The fourth-order valence-corrected chi connectivity index (χ4v) is 2.26. The van der Waals surface area contributed by atoms with Gasteiger partial charge in [0, 0.05) is 17.0 Å². The summed E-state index contributed by atoms with van der Waals surface area (Å²) in [6, 6.07) is 5.79. The van der Waals surface area contributed by atoms with Crippen LogP contribution in [-0.2, 0) is 14.3 Å². The number of nitrogens with one attached hydrogen (secondary N) is 1. The van der Waals surface area contributed by atoms with Gasteiger partial charge in [0.1, 0.15) is 6.04 Å². The van der Waals surface area contributed by atoms with Gasteiger partial charge < -0.3 is 14.8 Å². The molecule has 25 heavy (non-hydrogen) atoms. The molecule has 0 saturated carbocycles. The summed E-state index contributed by atoms with van der Waals surface area (Å²) in [5.41, 5.74) is 0.561. The van der Waals surface area contributed by atoms with E-state index in [0.29, 0.717) is 23.6 Å². The van der Waals surface area contributed by atoms with E-state index in [1.807, 2.05) is 6.92 Å². The third-order valence-corrected chi connectivity index (χ3v) is 3.82. The lowest BCUT2D eigenvalue weighted by molar-refractivity contribution is -0.143. The summed E-state index contributed by atoms with van der Waals surface area (Å²) in [5.74, 6) is -0.614. The number of benzene rings is 1. The SMILES string of the molecule is CCCCOC(=O)NC(CCCC(=O)c1ccc(Cl)cc1)C(=O)OC. The minimum atomic E-state index is -0.836. The Morgan fingerprint density at radius 3 is 2.44 bits per heavy atom. The lowest BCUT2D eigenvalue weighted by Gasteiger charge is -2.16. The predicted molar refractivity (Wildman–Crippen MR) is 94.8 cm³/mol. The van der Waals surface area contributed by atoms with Crippen molar-refractivity contribution < 1.29 is 23.9 Å². The minimum Gasteiger partial charge on any atom is -0.467 e. The zero-order chi connectivity index (χ0) is 18.7. The first-order valence-corrected chi connectivity index (χ1v) is 8.65. The summed E-state index contributed by atoms with van der Waals surface area (Å²) in [5, 5.41) is 3.05. The molecule has 138 valence electrons. The lowest BCUT2D eigenvalue weighted by atomic mass is 10.0. The number of alkyl carbamates (subject to hydrolysis) is 1. The molecule has 0 aliphatic heterocycles. The third-order valence-electron chi connectivity index (χ3n) is 3.57. The van der Waals surface area contributed by atoms with Gasteiger partial charge in [-0.15, -0.1) is 0 Å².